The number of carbonyl (C=O) groups is 3. The number of β-lactam (4-membered cyclic amide) rings is 1. The average Bonchev–Trinajstić information content (AvgIpc) is 3.06. The number of hydrogen-bond donors (Lipinski definition) is 0. The summed E-state index contributed by atoms with van der Waals surface area (Å²) in [4.78, 5) is 44.8. The van der Waals surface area contributed by atoms with Gasteiger partial charge >= 0.3 is 12.1 Å². The third-order valence-corrected chi connectivity index (χ3v) is 4.93. The van der Waals surface area contributed by atoms with Gasteiger partial charge in [0.25, 0.3) is 5.91 Å². The first-order valence-electron chi connectivity index (χ1n) is 9.27. The highest BCUT2D eigenvalue weighted by Gasteiger charge is 2.65. The highest BCUT2D eigenvalue weighted by atomic mass is 16.7. The molecule has 1 aromatic rings. The van der Waals surface area contributed by atoms with Gasteiger partial charge < -0.3 is 9.47 Å². The molecular formula is C20H26N2O6. The van der Waals surface area contributed by atoms with E-state index >= 15 is 0 Å². The molecule has 2 unspecified atom stereocenters. The van der Waals surface area contributed by atoms with E-state index in [0.29, 0.717) is 12.8 Å². The van der Waals surface area contributed by atoms with Gasteiger partial charge in [0.1, 0.15) is 23.8 Å². The van der Waals surface area contributed by atoms with E-state index in [-0.39, 0.29) is 19.1 Å². The molecule has 8 nitrogen and oxygen atoms in total. The van der Waals surface area contributed by atoms with Gasteiger partial charge in [0.15, 0.2) is 0 Å². The average molecular weight is 390 g/mol. The van der Waals surface area contributed by atoms with Crippen molar-refractivity contribution in [2.24, 2.45) is 0 Å². The second-order valence-corrected chi connectivity index (χ2v) is 8.06. The van der Waals surface area contributed by atoms with Crippen LogP contribution >= 0.6 is 0 Å². The molecule has 8 heteroatoms. The lowest BCUT2D eigenvalue weighted by atomic mass is 9.88. The number of hydrogen-bond acceptors (Lipinski definition) is 6. The van der Waals surface area contributed by atoms with Crippen molar-refractivity contribution < 1.29 is 28.7 Å². The fourth-order valence-corrected chi connectivity index (χ4v) is 3.61. The predicted molar refractivity (Wildman–Crippen MR) is 98.8 cm³/mol. The molecule has 1 aromatic carbocycles. The van der Waals surface area contributed by atoms with Gasteiger partial charge in [0.2, 0.25) is 0 Å². The van der Waals surface area contributed by atoms with Gasteiger partial charge in [-0.2, -0.15) is 0 Å². The van der Waals surface area contributed by atoms with Crippen LogP contribution in [0.1, 0.15) is 39.2 Å². The summed E-state index contributed by atoms with van der Waals surface area (Å²) in [5, 5.41) is 1.24. The predicted octanol–water partition coefficient (Wildman–Crippen LogP) is 2.27. The fraction of sp³-hybridized carbons (Fsp3) is 0.550. The molecule has 2 aliphatic rings. The molecule has 2 aliphatic heterocycles. The van der Waals surface area contributed by atoms with Crippen molar-refractivity contribution in [1.82, 2.24) is 9.96 Å². The Labute approximate surface area is 164 Å². The van der Waals surface area contributed by atoms with Crippen LogP contribution in [0.5, 0.6) is 0 Å². The van der Waals surface area contributed by atoms with Crippen LogP contribution in [0.3, 0.4) is 0 Å². The number of amides is 2. The maximum absolute atomic E-state index is 12.9. The highest BCUT2D eigenvalue weighted by Crippen LogP contribution is 2.43. The number of ether oxygens (including phenoxy) is 2. The van der Waals surface area contributed by atoms with Crippen LogP contribution in [-0.2, 0) is 30.5 Å². The van der Waals surface area contributed by atoms with E-state index in [4.69, 9.17) is 14.3 Å². The Balaban J connectivity index is 1.74. The third-order valence-electron chi connectivity index (χ3n) is 4.93. The van der Waals surface area contributed by atoms with Crippen LogP contribution in [0.2, 0.25) is 0 Å². The number of nitrogens with zero attached hydrogens (tertiary/aromatic N) is 2. The van der Waals surface area contributed by atoms with Gasteiger partial charge in [-0.15, -0.1) is 0 Å². The van der Waals surface area contributed by atoms with Gasteiger partial charge in [-0.3, -0.25) is 14.5 Å². The Morgan fingerprint density at radius 2 is 1.89 bits per heavy atom. The Kier molecular flexibility index (Phi) is 5.34. The molecule has 2 saturated heterocycles. The quantitative estimate of drug-likeness (QED) is 0.579. The van der Waals surface area contributed by atoms with Crippen molar-refractivity contribution in [3.63, 3.8) is 0 Å². The molecule has 2 atom stereocenters. The normalized spacial score (nSPS) is 24.3. The molecule has 28 heavy (non-hydrogen) atoms. The Morgan fingerprint density at radius 1 is 1.21 bits per heavy atom. The molecule has 152 valence electrons. The van der Waals surface area contributed by atoms with Crippen molar-refractivity contribution in [3.05, 3.63) is 35.9 Å². The molecule has 0 aliphatic carbocycles. The Hall–Kier alpha value is -2.61. The standard InChI is InChI=1S/C20H26N2O6/c1-19(2,3)28-18(25)22-15(16(23)26-4)10-11-20(22)13-21(17(20)24)27-12-14-8-6-5-7-9-14/h5-9,15H,10-13H2,1-4H3. The minimum Gasteiger partial charge on any atom is -0.467 e. The number of benzene rings is 1. The molecule has 2 amide bonds. The number of rotatable bonds is 4. The number of methoxy groups -OCH3 is 1. The molecule has 2 fully saturated rings. The Bertz CT molecular complexity index is 760. The van der Waals surface area contributed by atoms with E-state index in [2.05, 4.69) is 0 Å². The summed E-state index contributed by atoms with van der Waals surface area (Å²) < 4.78 is 10.3. The summed E-state index contributed by atoms with van der Waals surface area (Å²) in [7, 11) is 1.26. The topological polar surface area (TPSA) is 85.4 Å². The van der Waals surface area contributed by atoms with Gasteiger partial charge in [0.05, 0.1) is 13.7 Å². The summed E-state index contributed by atoms with van der Waals surface area (Å²) >= 11 is 0. The summed E-state index contributed by atoms with van der Waals surface area (Å²) in [6, 6.07) is 8.63. The number of likely N-dealkylation sites (tertiary alicyclic amines) is 1. The van der Waals surface area contributed by atoms with Crippen LogP contribution in [0.25, 0.3) is 0 Å². The number of carbonyl (C=O) groups excluding carboxylic acids is 3. The van der Waals surface area contributed by atoms with E-state index < -0.39 is 29.2 Å². The van der Waals surface area contributed by atoms with Gasteiger partial charge in [-0.05, 0) is 39.2 Å². The molecule has 3 rings (SSSR count). The first-order chi connectivity index (χ1) is 13.2. The van der Waals surface area contributed by atoms with E-state index in [1.54, 1.807) is 20.8 Å². The molecule has 0 radical (unpaired) electrons. The van der Waals surface area contributed by atoms with Gasteiger partial charge in [-0.1, -0.05) is 30.3 Å². The van der Waals surface area contributed by atoms with Crippen LogP contribution in [0, 0.1) is 0 Å². The number of esters is 1. The minimum atomic E-state index is -1.13. The molecule has 1 spiro atoms. The van der Waals surface area contributed by atoms with E-state index in [9.17, 15) is 14.4 Å². The molecule has 2 heterocycles. The minimum absolute atomic E-state index is 0.186. The Morgan fingerprint density at radius 3 is 2.46 bits per heavy atom. The van der Waals surface area contributed by atoms with E-state index in [1.807, 2.05) is 30.3 Å². The molecule has 0 bridgehead atoms. The van der Waals surface area contributed by atoms with Crippen molar-refractivity contribution in [2.75, 3.05) is 13.7 Å². The van der Waals surface area contributed by atoms with Crippen LogP contribution in [0.15, 0.2) is 30.3 Å². The third kappa shape index (κ3) is 3.69. The lowest BCUT2D eigenvalue weighted by Gasteiger charge is -2.50. The van der Waals surface area contributed by atoms with Crippen molar-refractivity contribution in [1.29, 1.82) is 0 Å². The van der Waals surface area contributed by atoms with E-state index in [1.165, 1.54) is 17.1 Å². The maximum atomic E-state index is 12.9. The van der Waals surface area contributed by atoms with Gasteiger partial charge in [-0.25, -0.2) is 14.7 Å². The summed E-state index contributed by atoms with van der Waals surface area (Å²) in [5.74, 6) is -0.903. The van der Waals surface area contributed by atoms with E-state index in [0.717, 1.165) is 5.56 Å². The lowest BCUT2D eigenvalue weighted by molar-refractivity contribution is -0.241. The zero-order valence-corrected chi connectivity index (χ0v) is 16.6. The van der Waals surface area contributed by atoms with Crippen LogP contribution < -0.4 is 0 Å². The monoisotopic (exact) mass is 390 g/mol. The smallest absolute Gasteiger partial charge is 0.412 e. The SMILES string of the molecule is COC(=O)C1CCC2(CN(OCc3ccccc3)C2=O)N1C(=O)OC(C)(C)C. The fourth-order valence-electron chi connectivity index (χ4n) is 3.61. The highest BCUT2D eigenvalue weighted by molar-refractivity contribution is 5.97. The van der Waals surface area contributed by atoms with Crippen LogP contribution in [-0.4, -0.2) is 58.8 Å². The summed E-state index contributed by atoms with van der Waals surface area (Å²) in [6.45, 7) is 5.64. The van der Waals surface area contributed by atoms with Gasteiger partial charge in [0, 0.05) is 0 Å². The lowest BCUT2D eigenvalue weighted by Crippen LogP contribution is -2.74. The second kappa shape index (κ2) is 7.43. The largest absolute Gasteiger partial charge is 0.467 e. The van der Waals surface area contributed by atoms with Crippen molar-refractivity contribution >= 4 is 18.0 Å². The van der Waals surface area contributed by atoms with Crippen molar-refractivity contribution in [2.45, 2.75) is 57.4 Å². The maximum Gasteiger partial charge on any atom is 0.412 e. The molecular weight excluding hydrogens is 364 g/mol. The first-order valence-corrected chi connectivity index (χ1v) is 9.27. The zero-order valence-electron chi connectivity index (χ0n) is 16.6. The summed E-state index contributed by atoms with van der Waals surface area (Å²) in [6.07, 6.45) is -0.00306. The first kappa shape index (κ1) is 20.1. The molecule has 0 saturated carbocycles. The molecule has 0 aromatic heterocycles. The zero-order chi connectivity index (χ0) is 20.5. The van der Waals surface area contributed by atoms with Crippen molar-refractivity contribution in [3.8, 4) is 0 Å². The summed E-state index contributed by atoms with van der Waals surface area (Å²) in [5.41, 5.74) is -0.950. The van der Waals surface area contributed by atoms with Crippen LogP contribution in [0.4, 0.5) is 4.79 Å². The molecule has 0 N–H and O–H groups in total. The number of hydroxylamine groups is 2. The second-order valence-electron chi connectivity index (χ2n) is 8.06.